The van der Waals surface area contributed by atoms with Crippen molar-refractivity contribution in [1.29, 1.82) is 5.26 Å². The molecule has 2 saturated heterocycles. The molecule has 0 N–H and O–H groups in total. The first-order valence-corrected chi connectivity index (χ1v) is 12.6. The van der Waals surface area contributed by atoms with Crippen LogP contribution in [0.5, 0.6) is 5.75 Å². The third-order valence-electron chi connectivity index (χ3n) is 6.91. The van der Waals surface area contributed by atoms with Crippen LogP contribution in [0.1, 0.15) is 36.8 Å². The van der Waals surface area contributed by atoms with Gasteiger partial charge in [0.1, 0.15) is 5.75 Å². The summed E-state index contributed by atoms with van der Waals surface area (Å²) in [7, 11) is 0. The van der Waals surface area contributed by atoms with Gasteiger partial charge in [-0.05, 0) is 49.1 Å². The van der Waals surface area contributed by atoms with Gasteiger partial charge in [0.25, 0.3) is 0 Å². The number of hydrogen-bond acceptors (Lipinski definition) is 5. The Bertz CT molecular complexity index is 1010. The number of rotatable bonds is 7. The van der Waals surface area contributed by atoms with E-state index in [1.807, 2.05) is 64.4 Å². The average Bonchev–Trinajstić information content (AvgIpc) is 3.15. The minimum atomic E-state index is 0.00435. The van der Waals surface area contributed by atoms with Crippen molar-refractivity contribution in [2.75, 3.05) is 45.9 Å². The number of nitrogens with zero attached hydrogens (tertiary/aromatic N) is 4. The smallest absolute Gasteiger partial charge is 0.225 e. The summed E-state index contributed by atoms with van der Waals surface area (Å²) in [5.41, 5.74) is 1.87. The molecule has 0 spiro atoms. The van der Waals surface area contributed by atoms with E-state index in [-0.39, 0.29) is 17.7 Å². The largest absolute Gasteiger partial charge is 0.493 e. The lowest BCUT2D eigenvalue weighted by molar-refractivity contribution is -0.140. The Morgan fingerprint density at radius 1 is 0.886 bits per heavy atom. The third kappa shape index (κ3) is 7.06. The van der Waals surface area contributed by atoms with E-state index in [1.54, 1.807) is 0 Å². The van der Waals surface area contributed by atoms with Gasteiger partial charge in [0.2, 0.25) is 11.8 Å². The maximum absolute atomic E-state index is 13.2. The summed E-state index contributed by atoms with van der Waals surface area (Å²) in [6, 6.07) is 19.4. The molecule has 2 aliphatic heterocycles. The molecular formula is C28H34N4O3. The number of piperidine rings is 1. The Morgan fingerprint density at radius 3 is 2.34 bits per heavy atom. The van der Waals surface area contributed by atoms with Crippen LogP contribution >= 0.6 is 0 Å². The number of carbonyl (C=O) groups excluding carboxylic acids is 2. The molecule has 2 fully saturated rings. The molecule has 184 valence electrons. The highest BCUT2D eigenvalue weighted by Crippen LogP contribution is 2.22. The molecule has 35 heavy (non-hydrogen) atoms. The van der Waals surface area contributed by atoms with Gasteiger partial charge >= 0.3 is 0 Å². The van der Waals surface area contributed by atoms with Gasteiger partial charge in [-0.15, -0.1) is 0 Å². The Kier molecular flexibility index (Phi) is 8.74. The van der Waals surface area contributed by atoms with Gasteiger partial charge in [-0.1, -0.05) is 30.3 Å². The number of para-hydroxylation sites is 1. The minimum absolute atomic E-state index is 0.00435. The highest BCUT2D eigenvalue weighted by Gasteiger charge is 2.31. The van der Waals surface area contributed by atoms with Crippen molar-refractivity contribution in [2.45, 2.75) is 32.2 Å². The first-order valence-electron chi connectivity index (χ1n) is 12.6. The second kappa shape index (κ2) is 12.4. The lowest BCUT2D eigenvalue weighted by Crippen LogP contribution is -2.45. The van der Waals surface area contributed by atoms with E-state index in [1.165, 1.54) is 5.56 Å². The first kappa shape index (κ1) is 24.7. The van der Waals surface area contributed by atoms with Crippen LogP contribution in [0.2, 0.25) is 0 Å². The van der Waals surface area contributed by atoms with E-state index in [4.69, 9.17) is 10.00 Å². The number of ether oxygens (including phenoxy) is 1. The fourth-order valence-corrected chi connectivity index (χ4v) is 4.86. The fraction of sp³-hybridized carbons (Fsp3) is 0.464. The molecule has 2 heterocycles. The van der Waals surface area contributed by atoms with E-state index in [0.29, 0.717) is 31.7 Å². The fourth-order valence-electron chi connectivity index (χ4n) is 4.86. The summed E-state index contributed by atoms with van der Waals surface area (Å²) in [6.07, 6.45) is 2.78. The highest BCUT2D eigenvalue weighted by molar-refractivity contribution is 5.80. The van der Waals surface area contributed by atoms with Crippen molar-refractivity contribution >= 4 is 11.8 Å². The van der Waals surface area contributed by atoms with Crippen LogP contribution in [-0.4, -0.2) is 72.4 Å². The molecule has 0 unspecified atom stereocenters. The molecule has 0 saturated carbocycles. The minimum Gasteiger partial charge on any atom is -0.493 e. The van der Waals surface area contributed by atoms with Gasteiger partial charge < -0.3 is 14.5 Å². The second-order valence-corrected chi connectivity index (χ2v) is 9.33. The third-order valence-corrected chi connectivity index (χ3v) is 6.91. The van der Waals surface area contributed by atoms with E-state index in [9.17, 15) is 9.59 Å². The Hall–Kier alpha value is -3.37. The zero-order valence-corrected chi connectivity index (χ0v) is 20.3. The van der Waals surface area contributed by atoms with E-state index < -0.39 is 0 Å². The van der Waals surface area contributed by atoms with E-state index in [2.05, 4.69) is 11.0 Å². The molecule has 2 aromatic carbocycles. The van der Waals surface area contributed by atoms with Crippen LogP contribution in [0, 0.1) is 17.2 Å². The highest BCUT2D eigenvalue weighted by atomic mass is 16.5. The topological polar surface area (TPSA) is 76.9 Å². The van der Waals surface area contributed by atoms with Crippen molar-refractivity contribution in [3.63, 3.8) is 0 Å². The summed E-state index contributed by atoms with van der Waals surface area (Å²) >= 11 is 0. The lowest BCUT2D eigenvalue weighted by Gasteiger charge is -2.34. The van der Waals surface area contributed by atoms with Crippen LogP contribution in [0.4, 0.5) is 0 Å². The average molecular weight is 475 g/mol. The molecule has 2 aliphatic rings. The van der Waals surface area contributed by atoms with Crippen LogP contribution < -0.4 is 4.74 Å². The van der Waals surface area contributed by atoms with Gasteiger partial charge in [0.15, 0.2) is 0 Å². The predicted octanol–water partition coefficient (Wildman–Crippen LogP) is 3.30. The standard InChI is InChI=1S/C28H34N4O3/c29-21-23-7-9-24(10-8-23)22-30-14-4-15-32(19-18-30)28(34)25-11-16-31(17-12-25)27(33)13-20-35-26-5-2-1-3-6-26/h1-3,5-10,25H,4,11-20,22H2. The molecular weight excluding hydrogens is 440 g/mol. The van der Waals surface area contributed by atoms with Gasteiger partial charge in [-0.2, -0.15) is 5.26 Å². The van der Waals surface area contributed by atoms with Gasteiger partial charge in [-0.25, -0.2) is 0 Å². The zero-order chi connectivity index (χ0) is 24.5. The summed E-state index contributed by atoms with van der Waals surface area (Å²) in [6.45, 7) is 5.82. The van der Waals surface area contributed by atoms with E-state index >= 15 is 0 Å². The second-order valence-electron chi connectivity index (χ2n) is 9.33. The summed E-state index contributed by atoms with van der Waals surface area (Å²) in [4.78, 5) is 32.0. The molecule has 0 bridgehead atoms. The first-order chi connectivity index (χ1) is 17.1. The monoisotopic (exact) mass is 474 g/mol. The number of hydrogen-bond donors (Lipinski definition) is 0. The van der Waals surface area contributed by atoms with Crippen molar-refractivity contribution in [3.05, 3.63) is 65.7 Å². The number of benzene rings is 2. The quantitative estimate of drug-likeness (QED) is 0.615. The normalized spacial score (nSPS) is 17.5. The molecule has 4 rings (SSSR count). The molecule has 7 nitrogen and oxygen atoms in total. The van der Waals surface area contributed by atoms with E-state index in [0.717, 1.165) is 57.7 Å². The van der Waals surface area contributed by atoms with Crippen molar-refractivity contribution in [2.24, 2.45) is 5.92 Å². The summed E-state index contributed by atoms with van der Waals surface area (Å²) in [5, 5.41) is 8.97. The SMILES string of the molecule is N#Cc1ccc(CN2CCCN(C(=O)C3CCN(C(=O)CCOc4ccccc4)CC3)CC2)cc1. The van der Waals surface area contributed by atoms with Crippen molar-refractivity contribution in [1.82, 2.24) is 14.7 Å². The number of amides is 2. The van der Waals surface area contributed by atoms with Crippen LogP contribution in [0.25, 0.3) is 0 Å². The van der Waals surface area contributed by atoms with Gasteiger partial charge in [-0.3, -0.25) is 14.5 Å². The zero-order valence-electron chi connectivity index (χ0n) is 20.3. The Balaban J connectivity index is 1.18. The molecule has 2 aromatic rings. The van der Waals surface area contributed by atoms with Crippen LogP contribution in [0.15, 0.2) is 54.6 Å². The molecule has 0 aliphatic carbocycles. The maximum atomic E-state index is 13.2. The molecule has 7 heteroatoms. The predicted molar refractivity (Wildman–Crippen MR) is 133 cm³/mol. The van der Waals surface area contributed by atoms with Crippen LogP contribution in [0.3, 0.4) is 0 Å². The Morgan fingerprint density at radius 2 is 1.63 bits per heavy atom. The molecule has 0 aromatic heterocycles. The lowest BCUT2D eigenvalue weighted by atomic mass is 9.95. The number of likely N-dealkylation sites (tertiary alicyclic amines) is 1. The molecule has 0 atom stereocenters. The summed E-state index contributed by atoms with van der Waals surface area (Å²) in [5.74, 6) is 1.12. The molecule has 0 radical (unpaired) electrons. The van der Waals surface area contributed by atoms with Crippen molar-refractivity contribution < 1.29 is 14.3 Å². The van der Waals surface area contributed by atoms with Gasteiger partial charge in [0, 0.05) is 51.7 Å². The number of nitriles is 1. The summed E-state index contributed by atoms with van der Waals surface area (Å²) < 4.78 is 5.65. The Labute approximate surface area is 207 Å². The maximum Gasteiger partial charge on any atom is 0.225 e. The van der Waals surface area contributed by atoms with Crippen molar-refractivity contribution in [3.8, 4) is 11.8 Å². The molecule has 2 amide bonds. The van der Waals surface area contributed by atoms with Crippen LogP contribution in [-0.2, 0) is 16.1 Å². The van der Waals surface area contributed by atoms with Gasteiger partial charge in [0.05, 0.1) is 24.7 Å². The number of carbonyl (C=O) groups is 2.